The largest absolute Gasteiger partial charge is 0.406 e. The third kappa shape index (κ3) is 2.82. The number of nitrogens with one attached hydrogen (secondary N) is 1. The Morgan fingerprint density at radius 3 is 2.56 bits per heavy atom. The van der Waals surface area contributed by atoms with E-state index in [1.807, 2.05) is 6.92 Å². The molecule has 1 aliphatic carbocycles. The molecule has 1 saturated carbocycles. The van der Waals surface area contributed by atoms with E-state index >= 15 is 0 Å². The quantitative estimate of drug-likeness (QED) is 0.840. The van der Waals surface area contributed by atoms with E-state index < -0.39 is 11.7 Å². The van der Waals surface area contributed by atoms with Crippen LogP contribution in [0.2, 0.25) is 0 Å². The molecule has 0 aromatic rings. The molecule has 2 unspecified atom stereocenters. The molecule has 1 heterocycles. The minimum atomic E-state index is -4.10. The molecule has 2 aliphatic rings. The van der Waals surface area contributed by atoms with Crippen LogP contribution in [0.3, 0.4) is 0 Å². The van der Waals surface area contributed by atoms with Crippen LogP contribution < -0.4 is 5.32 Å². The van der Waals surface area contributed by atoms with Gasteiger partial charge in [0.05, 0.1) is 0 Å². The molecular weight excluding hydrogens is 241 g/mol. The predicted molar refractivity (Wildman–Crippen MR) is 65.5 cm³/mol. The van der Waals surface area contributed by atoms with Crippen LogP contribution in [0.15, 0.2) is 0 Å². The lowest BCUT2D eigenvalue weighted by molar-refractivity contribution is -0.168. The minimum absolute atomic E-state index is 0.0523. The number of likely N-dealkylation sites (tertiary alicyclic amines) is 1. The first kappa shape index (κ1) is 14.1. The molecule has 2 fully saturated rings. The molecule has 2 atom stereocenters. The zero-order valence-electron chi connectivity index (χ0n) is 11.2. The van der Waals surface area contributed by atoms with E-state index in [-0.39, 0.29) is 18.9 Å². The van der Waals surface area contributed by atoms with Gasteiger partial charge >= 0.3 is 6.18 Å². The van der Waals surface area contributed by atoms with Gasteiger partial charge in [-0.25, -0.2) is 0 Å². The number of alkyl halides is 3. The Morgan fingerprint density at radius 1 is 1.39 bits per heavy atom. The zero-order chi connectivity index (χ0) is 13.4. The molecule has 1 aliphatic heterocycles. The van der Waals surface area contributed by atoms with Gasteiger partial charge in [-0.15, -0.1) is 0 Å². The van der Waals surface area contributed by atoms with Gasteiger partial charge in [-0.2, -0.15) is 13.2 Å². The van der Waals surface area contributed by atoms with E-state index in [0.29, 0.717) is 5.92 Å². The molecule has 106 valence electrons. The summed E-state index contributed by atoms with van der Waals surface area (Å²) >= 11 is 0. The maximum absolute atomic E-state index is 12.9. The summed E-state index contributed by atoms with van der Waals surface area (Å²) in [5.41, 5.74) is -1.57. The zero-order valence-corrected chi connectivity index (χ0v) is 11.2. The third-order valence-corrected chi connectivity index (χ3v) is 4.49. The highest BCUT2D eigenvalue weighted by Gasteiger charge is 2.63. The lowest BCUT2D eigenvalue weighted by Crippen LogP contribution is -2.53. The SMILES string of the molecule is CCN1CCCC(C(C)NC2(C(F)(F)F)CC2)C1. The van der Waals surface area contributed by atoms with E-state index in [0.717, 1.165) is 32.5 Å². The monoisotopic (exact) mass is 264 g/mol. The average molecular weight is 264 g/mol. The number of piperidine rings is 1. The van der Waals surface area contributed by atoms with Crippen LogP contribution in [0.25, 0.3) is 0 Å². The molecule has 18 heavy (non-hydrogen) atoms. The van der Waals surface area contributed by atoms with Crippen molar-refractivity contribution in [2.75, 3.05) is 19.6 Å². The van der Waals surface area contributed by atoms with E-state index in [9.17, 15) is 13.2 Å². The Balaban J connectivity index is 1.90. The fourth-order valence-corrected chi connectivity index (χ4v) is 2.97. The third-order valence-electron chi connectivity index (χ3n) is 4.49. The molecule has 0 spiro atoms. The van der Waals surface area contributed by atoms with Crippen molar-refractivity contribution < 1.29 is 13.2 Å². The van der Waals surface area contributed by atoms with Crippen LogP contribution in [-0.4, -0.2) is 42.3 Å². The van der Waals surface area contributed by atoms with Gasteiger partial charge in [-0.05, 0) is 51.6 Å². The van der Waals surface area contributed by atoms with Gasteiger partial charge in [0, 0.05) is 12.6 Å². The molecule has 1 N–H and O–H groups in total. The molecule has 1 saturated heterocycles. The molecule has 2 nitrogen and oxygen atoms in total. The predicted octanol–water partition coefficient (Wildman–Crippen LogP) is 2.79. The van der Waals surface area contributed by atoms with Gasteiger partial charge in [-0.1, -0.05) is 6.92 Å². The molecule has 0 radical (unpaired) electrons. The van der Waals surface area contributed by atoms with Gasteiger partial charge < -0.3 is 10.2 Å². The van der Waals surface area contributed by atoms with E-state index in [4.69, 9.17) is 0 Å². The summed E-state index contributed by atoms with van der Waals surface area (Å²) in [6, 6.07) is -0.0523. The number of nitrogens with zero attached hydrogens (tertiary/aromatic N) is 1. The van der Waals surface area contributed by atoms with E-state index in [2.05, 4.69) is 17.1 Å². The molecule has 0 aromatic heterocycles. The van der Waals surface area contributed by atoms with Gasteiger partial charge in [-0.3, -0.25) is 0 Å². The van der Waals surface area contributed by atoms with Crippen molar-refractivity contribution in [1.82, 2.24) is 10.2 Å². The van der Waals surface area contributed by atoms with Crippen molar-refractivity contribution in [1.29, 1.82) is 0 Å². The maximum atomic E-state index is 12.9. The van der Waals surface area contributed by atoms with E-state index in [1.54, 1.807) is 0 Å². The van der Waals surface area contributed by atoms with Gasteiger partial charge in [0.25, 0.3) is 0 Å². The average Bonchev–Trinajstić information content (AvgIpc) is 3.09. The van der Waals surface area contributed by atoms with Crippen molar-refractivity contribution in [2.24, 2.45) is 5.92 Å². The highest BCUT2D eigenvalue weighted by atomic mass is 19.4. The maximum Gasteiger partial charge on any atom is 0.406 e. The Bertz CT molecular complexity index is 286. The Kier molecular flexibility index (Phi) is 3.93. The first-order valence-electron chi connectivity index (χ1n) is 6.95. The summed E-state index contributed by atoms with van der Waals surface area (Å²) < 4.78 is 38.7. The summed E-state index contributed by atoms with van der Waals surface area (Å²) in [4.78, 5) is 2.33. The summed E-state index contributed by atoms with van der Waals surface area (Å²) in [6.07, 6.45) is -1.47. The normalized spacial score (nSPS) is 30.2. The smallest absolute Gasteiger partial charge is 0.303 e. The summed E-state index contributed by atoms with van der Waals surface area (Å²) in [7, 11) is 0. The van der Waals surface area contributed by atoms with Gasteiger partial charge in [0.2, 0.25) is 0 Å². The van der Waals surface area contributed by atoms with Crippen LogP contribution >= 0.6 is 0 Å². The molecular formula is C13H23F3N2. The second-order valence-corrected chi connectivity index (χ2v) is 5.81. The van der Waals surface area contributed by atoms with E-state index in [1.165, 1.54) is 0 Å². The summed E-state index contributed by atoms with van der Waals surface area (Å²) in [5, 5.41) is 2.87. The van der Waals surface area contributed by atoms with Crippen LogP contribution in [-0.2, 0) is 0 Å². The fraction of sp³-hybridized carbons (Fsp3) is 1.00. The molecule has 5 heteroatoms. The van der Waals surface area contributed by atoms with Crippen LogP contribution in [0.1, 0.15) is 39.5 Å². The number of hydrogen-bond acceptors (Lipinski definition) is 2. The number of hydrogen-bond donors (Lipinski definition) is 1. The van der Waals surface area contributed by atoms with Gasteiger partial charge in [0.1, 0.15) is 5.54 Å². The topological polar surface area (TPSA) is 15.3 Å². The van der Waals surface area contributed by atoms with Crippen molar-refractivity contribution in [3.05, 3.63) is 0 Å². The van der Waals surface area contributed by atoms with Crippen molar-refractivity contribution in [2.45, 2.75) is 57.3 Å². The van der Waals surface area contributed by atoms with Crippen LogP contribution in [0, 0.1) is 5.92 Å². The summed E-state index contributed by atoms with van der Waals surface area (Å²) in [5.74, 6) is 0.346. The molecule has 2 rings (SSSR count). The first-order chi connectivity index (χ1) is 8.38. The lowest BCUT2D eigenvalue weighted by Gasteiger charge is -2.37. The van der Waals surface area contributed by atoms with Crippen LogP contribution in [0.5, 0.6) is 0 Å². The van der Waals surface area contributed by atoms with Crippen molar-refractivity contribution >= 4 is 0 Å². The minimum Gasteiger partial charge on any atom is -0.303 e. The standard InChI is InChI=1S/C13H23F3N2/c1-3-18-8-4-5-11(9-18)10(2)17-12(6-7-12)13(14,15)16/h10-11,17H,3-9H2,1-2H3. The Hall–Kier alpha value is -0.290. The first-order valence-corrected chi connectivity index (χ1v) is 6.95. The highest BCUT2D eigenvalue weighted by Crippen LogP contribution is 2.49. The molecule has 0 bridgehead atoms. The lowest BCUT2D eigenvalue weighted by atomic mass is 9.91. The van der Waals surface area contributed by atoms with Gasteiger partial charge in [0.15, 0.2) is 0 Å². The summed E-state index contributed by atoms with van der Waals surface area (Å²) in [6.45, 7) is 7.03. The molecule has 0 aromatic carbocycles. The Labute approximate surface area is 107 Å². The van der Waals surface area contributed by atoms with Crippen molar-refractivity contribution in [3.8, 4) is 0 Å². The Morgan fingerprint density at radius 2 is 2.06 bits per heavy atom. The molecule has 0 amide bonds. The number of halogens is 3. The second kappa shape index (κ2) is 5.00. The van der Waals surface area contributed by atoms with Crippen LogP contribution in [0.4, 0.5) is 13.2 Å². The second-order valence-electron chi connectivity index (χ2n) is 5.81. The van der Waals surface area contributed by atoms with Crippen molar-refractivity contribution in [3.63, 3.8) is 0 Å². The number of rotatable bonds is 4. The fourth-order valence-electron chi connectivity index (χ4n) is 2.97. The highest BCUT2D eigenvalue weighted by molar-refractivity contribution is 5.09.